The summed E-state index contributed by atoms with van der Waals surface area (Å²) in [4.78, 5) is 4.30. The Kier molecular flexibility index (Phi) is 5.56. The lowest BCUT2D eigenvalue weighted by molar-refractivity contribution is 0.170. The first-order valence-electron chi connectivity index (χ1n) is 9.45. The third-order valence-electron chi connectivity index (χ3n) is 4.96. The molecule has 1 saturated heterocycles. The molecule has 1 unspecified atom stereocenters. The number of aromatic nitrogens is 1. The van der Waals surface area contributed by atoms with Gasteiger partial charge in [0.2, 0.25) is 15.9 Å². The Morgan fingerprint density at radius 3 is 2.86 bits per heavy atom. The molecule has 1 aromatic heterocycles. The van der Waals surface area contributed by atoms with Crippen LogP contribution in [0.15, 0.2) is 41.4 Å². The van der Waals surface area contributed by atoms with Crippen LogP contribution in [0.2, 0.25) is 0 Å². The number of nitrogens with zero attached hydrogens (tertiary/aromatic N) is 3. The predicted octanol–water partition coefficient (Wildman–Crippen LogP) is 2.20. The summed E-state index contributed by atoms with van der Waals surface area (Å²) >= 11 is 0. The fraction of sp³-hybridized carbons (Fsp3) is 0.400. The Bertz CT molecular complexity index is 1030. The smallest absolute Gasteiger partial charge is 0.243 e. The molecule has 152 valence electrons. The molecule has 0 spiro atoms. The zero-order chi connectivity index (χ0) is 20.3. The molecule has 0 saturated carbocycles. The highest BCUT2D eigenvalue weighted by Gasteiger charge is 2.31. The van der Waals surface area contributed by atoms with Gasteiger partial charge in [-0.3, -0.25) is 0 Å². The van der Waals surface area contributed by atoms with E-state index in [2.05, 4.69) is 4.98 Å². The number of sulfonamides is 1. The van der Waals surface area contributed by atoms with Crippen LogP contribution in [0.25, 0.3) is 0 Å². The molecule has 0 N–H and O–H groups in total. The van der Waals surface area contributed by atoms with Crippen molar-refractivity contribution < 1.29 is 22.6 Å². The number of nitriles is 1. The Morgan fingerprint density at radius 2 is 2.03 bits per heavy atom. The van der Waals surface area contributed by atoms with Gasteiger partial charge >= 0.3 is 0 Å². The summed E-state index contributed by atoms with van der Waals surface area (Å²) in [6.07, 6.45) is 3.14. The maximum Gasteiger partial charge on any atom is 0.243 e. The summed E-state index contributed by atoms with van der Waals surface area (Å²) in [7, 11) is -3.64. The van der Waals surface area contributed by atoms with Gasteiger partial charge in [-0.2, -0.15) is 9.57 Å². The van der Waals surface area contributed by atoms with Gasteiger partial charge in [0.05, 0.1) is 23.1 Å². The van der Waals surface area contributed by atoms with Crippen molar-refractivity contribution >= 4 is 10.0 Å². The molecule has 2 aliphatic rings. The minimum atomic E-state index is -3.64. The van der Waals surface area contributed by atoms with E-state index in [0.717, 1.165) is 12.8 Å². The molecular formula is C20H21N3O5S. The lowest BCUT2D eigenvalue weighted by Gasteiger charge is -2.32. The molecule has 0 radical (unpaired) electrons. The van der Waals surface area contributed by atoms with Crippen molar-refractivity contribution in [2.45, 2.75) is 17.7 Å². The number of hydrogen-bond acceptors (Lipinski definition) is 7. The maximum atomic E-state index is 13.1. The van der Waals surface area contributed by atoms with Crippen molar-refractivity contribution in [2.24, 2.45) is 5.92 Å². The van der Waals surface area contributed by atoms with E-state index in [-0.39, 0.29) is 10.8 Å². The predicted molar refractivity (Wildman–Crippen MR) is 103 cm³/mol. The lowest BCUT2D eigenvalue weighted by atomic mass is 10.0. The normalized spacial score (nSPS) is 19.3. The first-order valence-corrected chi connectivity index (χ1v) is 10.9. The van der Waals surface area contributed by atoms with E-state index in [1.165, 1.54) is 16.6 Å². The Hall–Kier alpha value is -2.83. The van der Waals surface area contributed by atoms with Crippen molar-refractivity contribution in [3.63, 3.8) is 0 Å². The lowest BCUT2D eigenvalue weighted by Crippen LogP contribution is -2.41. The molecule has 1 aromatic carbocycles. The summed E-state index contributed by atoms with van der Waals surface area (Å²) in [6, 6.07) is 9.95. The van der Waals surface area contributed by atoms with Crippen LogP contribution in [0.1, 0.15) is 18.4 Å². The average molecular weight is 415 g/mol. The number of ether oxygens (including phenoxy) is 3. The van der Waals surface area contributed by atoms with E-state index >= 15 is 0 Å². The highest BCUT2D eigenvalue weighted by Crippen LogP contribution is 2.34. The number of hydrogen-bond donors (Lipinski definition) is 0. The Balaban J connectivity index is 1.44. The number of piperidine rings is 1. The quantitative estimate of drug-likeness (QED) is 0.738. The highest BCUT2D eigenvalue weighted by atomic mass is 32.2. The zero-order valence-corrected chi connectivity index (χ0v) is 16.6. The largest absolute Gasteiger partial charge is 0.486 e. The molecule has 2 aliphatic heterocycles. The standard InChI is InChI=1S/C20H21N3O5S/c21-12-15-5-6-22-20(10-15)28-14-16-2-1-7-23(13-16)29(24,25)17-3-4-18-19(11-17)27-9-8-26-18/h3-6,10-11,16H,1-2,7-9,13-14H2. The summed E-state index contributed by atoms with van der Waals surface area (Å²) in [5, 5.41) is 8.96. The van der Waals surface area contributed by atoms with Crippen LogP contribution >= 0.6 is 0 Å². The summed E-state index contributed by atoms with van der Waals surface area (Å²) in [6.45, 7) is 2.04. The SMILES string of the molecule is N#Cc1ccnc(OCC2CCCN(S(=O)(=O)c3ccc4c(c3)OCCO4)C2)c1. The monoisotopic (exact) mass is 415 g/mol. The molecule has 4 rings (SSSR count). The zero-order valence-electron chi connectivity index (χ0n) is 15.8. The highest BCUT2D eigenvalue weighted by molar-refractivity contribution is 7.89. The molecule has 0 aliphatic carbocycles. The molecule has 3 heterocycles. The Morgan fingerprint density at radius 1 is 1.21 bits per heavy atom. The van der Waals surface area contributed by atoms with E-state index in [0.29, 0.717) is 55.9 Å². The number of fused-ring (bicyclic) bond motifs is 1. The fourth-order valence-corrected chi connectivity index (χ4v) is 5.05. The fourth-order valence-electron chi connectivity index (χ4n) is 3.48. The molecule has 0 amide bonds. The van der Waals surface area contributed by atoms with Crippen LogP contribution in [-0.4, -0.2) is 50.6 Å². The molecule has 0 bridgehead atoms. The second-order valence-electron chi connectivity index (χ2n) is 6.98. The molecular weight excluding hydrogens is 394 g/mol. The van der Waals surface area contributed by atoms with Gasteiger partial charge in [0.1, 0.15) is 13.2 Å². The first kappa shape index (κ1) is 19.5. The van der Waals surface area contributed by atoms with Gasteiger partial charge in [-0.25, -0.2) is 13.4 Å². The van der Waals surface area contributed by atoms with Crippen molar-refractivity contribution in [1.29, 1.82) is 5.26 Å². The van der Waals surface area contributed by atoms with Crippen molar-refractivity contribution in [3.05, 3.63) is 42.1 Å². The second kappa shape index (κ2) is 8.27. The van der Waals surface area contributed by atoms with Crippen molar-refractivity contribution in [2.75, 3.05) is 32.9 Å². The van der Waals surface area contributed by atoms with E-state index in [9.17, 15) is 8.42 Å². The van der Waals surface area contributed by atoms with Gasteiger partial charge in [-0.15, -0.1) is 0 Å². The van der Waals surface area contributed by atoms with Crippen LogP contribution in [0.3, 0.4) is 0 Å². The molecule has 9 heteroatoms. The van der Waals surface area contributed by atoms with E-state index in [1.54, 1.807) is 24.3 Å². The van der Waals surface area contributed by atoms with Crippen LogP contribution < -0.4 is 14.2 Å². The molecule has 2 aromatic rings. The average Bonchev–Trinajstić information content (AvgIpc) is 2.77. The second-order valence-corrected chi connectivity index (χ2v) is 8.92. The third-order valence-corrected chi connectivity index (χ3v) is 6.83. The van der Waals surface area contributed by atoms with Crippen LogP contribution in [0.5, 0.6) is 17.4 Å². The maximum absolute atomic E-state index is 13.1. The van der Waals surface area contributed by atoms with Crippen molar-refractivity contribution in [3.8, 4) is 23.4 Å². The van der Waals surface area contributed by atoms with Gasteiger partial charge < -0.3 is 14.2 Å². The van der Waals surface area contributed by atoms with E-state index in [4.69, 9.17) is 19.5 Å². The number of benzene rings is 1. The van der Waals surface area contributed by atoms with Crippen LogP contribution in [0, 0.1) is 17.2 Å². The molecule has 1 atom stereocenters. The number of rotatable bonds is 5. The molecule has 1 fully saturated rings. The number of pyridine rings is 1. The van der Waals surface area contributed by atoms with Gasteiger partial charge in [0, 0.05) is 37.3 Å². The van der Waals surface area contributed by atoms with E-state index in [1.807, 2.05) is 6.07 Å². The van der Waals surface area contributed by atoms with Gasteiger partial charge in [0.15, 0.2) is 11.5 Å². The Labute approximate surface area is 169 Å². The molecule has 29 heavy (non-hydrogen) atoms. The van der Waals surface area contributed by atoms with Gasteiger partial charge in [-0.05, 0) is 31.0 Å². The summed E-state index contributed by atoms with van der Waals surface area (Å²) in [5.41, 5.74) is 0.474. The summed E-state index contributed by atoms with van der Waals surface area (Å²) in [5.74, 6) is 1.43. The van der Waals surface area contributed by atoms with Crippen molar-refractivity contribution in [1.82, 2.24) is 9.29 Å². The molecule has 8 nitrogen and oxygen atoms in total. The van der Waals surface area contributed by atoms with Gasteiger partial charge in [0.25, 0.3) is 0 Å². The third kappa shape index (κ3) is 4.28. The van der Waals surface area contributed by atoms with E-state index < -0.39 is 10.0 Å². The van der Waals surface area contributed by atoms with Crippen LogP contribution in [-0.2, 0) is 10.0 Å². The van der Waals surface area contributed by atoms with Crippen LogP contribution in [0.4, 0.5) is 0 Å². The topological polar surface area (TPSA) is 102 Å². The minimum Gasteiger partial charge on any atom is -0.486 e. The minimum absolute atomic E-state index is 0.0447. The summed E-state index contributed by atoms with van der Waals surface area (Å²) < 4.78 is 44.4. The first-order chi connectivity index (χ1) is 14.1. The van der Waals surface area contributed by atoms with Gasteiger partial charge in [-0.1, -0.05) is 0 Å².